The molecule has 1 aliphatic heterocycles. The van der Waals surface area contributed by atoms with E-state index in [4.69, 9.17) is 12.2 Å². The third kappa shape index (κ3) is 2.81. The fourth-order valence-electron chi connectivity index (χ4n) is 2.71. The number of rotatable bonds is 3. The number of nitrogens with zero attached hydrogens (tertiary/aromatic N) is 4. The molecule has 1 aliphatic rings. The molecule has 0 radical (unpaired) electrons. The molecule has 3 rings (SSSR count). The lowest BCUT2D eigenvalue weighted by atomic mass is 9.97. The highest BCUT2D eigenvalue weighted by Gasteiger charge is 2.19. The van der Waals surface area contributed by atoms with Crippen LogP contribution in [0.4, 0.5) is 0 Å². The third-order valence-corrected chi connectivity index (χ3v) is 4.29. The summed E-state index contributed by atoms with van der Waals surface area (Å²) in [6.07, 6.45) is 6.01. The van der Waals surface area contributed by atoms with Gasteiger partial charge in [0.15, 0.2) is 10.6 Å². The molecule has 0 bridgehead atoms. The second kappa shape index (κ2) is 5.85. The number of likely N-dealkylation sites (tertiary alicyclic amines) is 1. The molecule has 1 fully saturated rings. The number of pyridine rings is 1. The molecule has 0 unspecified atom stereocenters. The van der Waals surface area contributed by atoms with Gasteiger partial charge in [0, 0.05) is 24.5 Å². The molecule has 6 heteroatoms. The minimum Gasteiger partial charge on any atom is -0.306 e. The van der Waals surface area contributed by atoms with Crippen LogP contribution in [0.3, 0.4) is 0 Å². The molecular formula is C14H19N5S. The maximum atomic E-state index is 5.38. The lowest BCUT2D eigenvalue weighted by molar-refractivity contribution is 0.205. The molecule has 0 aromatic carbocycles. The Balaban J connectivity index is 1.83. The summed E-state index contributed by atoms with van der Waals surface area (Å²) in [6.45, 7) is 3.28. The van der Waals surface area contributed by atoms with E-state index in [0.29, 0.717) is 10.7 Å². The van der Waals surface area contributed by atoms with E-state index in [0.717, 1.165) is 17.9 Å². The molecule has 2 aromatic rings. The summed E-state index contributed by atoms with van der Waals surface area (Å²) >= 11 is 5.38. The Kier molecular flexibility index (Phi) is 3.93. The fraction of sp³-hybridized carbons (Fsp3) is 0.500. The highest BCUT2D eigenvalue weighted by molar-refractivity contribution is 7.71. The fourth-order valence-corrected chi connectivity index (χ4v) is 2.92. The van der Waals surface area contributed by atoms with Crippen molar-refractivity contribution in [3.63, 3.8) is 0 Å². The van der Waals surface area contributed by atoms with Crippen LogP contribution in [0.25, 0.3) is 11.4 Å². The quantitative estimate of drug-likeness (QED) is 0.881. The summed E-state index contributed by atoms with van der Waals surface area (Å²) in [6, 6.07) is 3.94. The summed E-state index contributed by atoms with van der Waals surface area (Å²) in [4.78, 5) is 6.44. The first kappa shape index (κ1) is 13.5. The van der Waals surface area contributed by atoms with Gasteiger partial charge in [-0.1, -0.05) is 0 Å². The van der Waals surface area contributed by atoms with Crippen LogP contribution in [-0.2, 0) is 6.54 Å². The van der Waals surface area contributed by atoms with Gasteiger partial charge in [0.05, 0.1) is 0 Å². The molecule has 0 atom stereocenters. The van der Waals surface area contributed by atoms with Crippen molar-refractivity contribution in [3.05, 3.63) is 29.3 Å². The highest BCUT2D eigenvalue weighted by atomic mass is 32.1. The van der Waals surface area contributed by atoms with Crippen molar-refractivity contribution in [2.24, 2.45) is 5.92 Å². The summed E-state index contributed by atoms with van der Waals surface area (Å²) in [5, 5.41) is 7.29. The number of aromatic nitrogens is 4. The van der Waals surface area contributed by atoms with Crippen LogP contribution in [0.15, 0.2) is 24.5 Å². The summed E-state index contributed by atoms with van der Waals surface area (Å²) in [7, 11) is 2.18. The highest BCUT2D eigenvalue weighted by Crippen LogP contribution is 2.22. The van der Waals surface area contributed by atoms with E-state index >= 15 is 0 Å². The van der Waals surface area contributed by atoms with E-state index < -0.39 is 0 Å². The first-order chi connectivity index (χ1) is 9.74. The summed E-state index contributed by atoms with van der Waals surface area (Å²) < 4.78 is 2.83. The molecule has 106 valence electrons. The average Bonchev–Trinajstić information content (AvgIpc) is 2.84. The SMILES string of the molecule is CN1CCC(Cn2c(-c3ccncc3)n[nH]c2=S)CC1. The summed E-state index contributed by atoms with van der Waals surface area (Å²) in [5.41, 5.74) is 1.06. The second-order valence-electron chi connectivity index (χ2n) is 5.45. The van der Waals surface area contributed by atoms with Crippen molar-refractivity contribution in [2.75, 3.05) is 20.1 Å². The maximum Gasteiger partial charge on any atom is 0.195 e. The van der Waals surface area contributed by atoms with Gasteiger partial charge in [0.1, 0.15) is 0 Å². The van der Waals surface area contributed by atoms with Crippen LogP contribution >= 0.6 is 12.2 Å². The number of H-pyrrole nitrogens is 1. The smallest absolute Gasteiger partial charge is 0.195 e. The van der Waals surface area contributed by atoms with E-state index in [1.165, 1.54) is 25.9 Å². The lowest BCUT2D eigenvalue weighted by Gasteiger charge is -2.29. The Bertz CT molecular complexity index is 610. The van der Waals surface area contributed by atoms with Crippen molar-refractivity contribution in [1.29, 1.82) is 0 Å². The zero-order valence-electron chi connectivity index (χ0n) is 11.6. The van der Waals surface area contributed by atoms with Crippen molar-refractivity contribution in [1.82, 2.24) is 24.6 Å². The number of nitrogens with one attached hydrogen (secondary N) is 1. The van der Waals surface area contributed by atoms with Gasteiger partial charge in [-0.3, -0.25) is 14.6 Å². The predicted molar refractivity (Wildman–Crippen MR) is 80.9 cm³/mol. The maximum absolute atomic E-state index is 5.38. The van der Waals surface area contributed by atoms with Crippen LogP contribution in [0, 0.1) is 10.7 Å². The van der Waals surface area contributed by atoms with E-state index in [9.17, 15) is 0 Å². The topological polar surface area (TPSA) is 49.7 Å². The predicted octanol–water partition coefficient (Wildman–Crippen LogP) is 2.34. The molecule has 0 spiro atoms. The molecular weight excluding hydrogens is 270 g/mol. The molecule has 0 aliphatic carbocycles. The van der Waals surface area contributed by atoms with Crippen molar-refractivity contribution < 1.29 is 0 Å². The van der Waals surface area contributed by atoms with Gasteiger partial charge in [0.25, 0.3) is 0 Å². The Morgan fingerprint density at radius 2 is 2.00 bits per heavy atom. The molecule has 0 amide bonds. The molecule has 5 nitrogen and oxygen atoms in total. The Hall–Kier alpha value is -1.53. The first-order valence-corrected chi connectivity index (χ1v) is 7.39. The monoisotopic (exact) mass is 289 g/mol. The average molecular weight is 289 g/mol. The van der Waals surface area contributed by atoms with Crippen LogP contribution in [0.2, 0.25) is 0 Å². The van der Waals surface area contributed by atoms with E-state index in [1.54, 1.807) is 12.4 Å². The van der Waals surface area contributed by atoms with Crippen molar-refractivity contribution in [3.8, 4) is 11.4 Å². The molecule has 3 heterocycles. The van der Waals surface area contributed by atoms with Crippen LogP contribution in [0.5, 0.6) is 0 Å². The van der Waals surface area contributed by atoms with Gasteiger partial charge in [-0.05, 0) is 63.2 Å². The van der Waals surface area contributed by atoms with Crippen molar-refractivity contribution in [2.45, 2.75) is 19.4 Å². The Morgan fingerprint density at radius 1 is 1.30 bits per heavy atom. The largest absolute Gasteiger partial charge is 0.306 e. The van der Waals surface area contributed by atoms with Gasteiger partial charge < -0.3 is 4.90 Å². The Labute approximate surface area is 123 Å². The molecule has 1 saturated heterocycles. The molecule has 0 saturated carbocycles. The number of aromatic amines is 1. The minimum atomic E-state index is 0.677. The number of hydrogen-bond acceptors (Lipinski definition) is 4. The van der Waals surface area contributed by atoms with Gasteiger partial charge in [-0.2, -0.15) is 5.10 Å². The number of piperidine rings is 1. The lowest BCUT2D eigenvalue weighted by Crippen LogP contribution is -2.32. The molecule has 20 heavy (non-hydrogen) atoms. The van der Waals surface area contributed by atoms with Crippen LogP contribution < -0.4 is 0 Å². The van der Waals surface area contributed by atoms with Crippen molar-refractivity contribution >= 4 is 12.2 Å². The molecule has 2 aromatic heterocycles. The minimum absolute atomic E-state index is 0.677. The summed E-state index contributed by atoms with van der Waals surface area (Å²) in [5.74, 6) is 1.59. The van der Waals surface area contributed by atoms with Gasteiger partial charge in [0.2, 0.25) is 0 Å². The normalized spacial score (nSPS) is 17.4. The second-order valence-corrected chi connectivity index (χ2v) is 5.83. The van der Waals surface area contributed by atoms with Gasteiger partial charge >= 0.3 is 0 Å². The van der Waals surface area contributed by atoms with Crippen LogP contribution in [0.1, 0.15) is 12.8 Å². The zero-order valence-corrected chi connectivity index (χ0v) is 12.4. The van der Waals surface area contributed by atoms with Gasteiger partial charge in [-0.15, -0.1) is 0 Å². The van der Waals surface area contributed by atoms with E-state index in [2.05, 4.69) is 31.7 Å². The number of hydrogen-bond donors (Lipinski definition) is 1. The zero-order chi connectivity index (χ0) is 13.9. The van der Waals surface area contributed by atoms with E-state index in [-0.39, 0.29) is 0 Å². The van der Waals surface area contributed by atoms with Crippen LogP contribution in [-0.4, -0.2) is 44.8 Å². The standard InChI is InChI=1S/C14H19N5S/c1-18-8-4-11(5-9-18)10-19-13(16-17-14(19)20)12-2-6-15-7-3-12/h2-3,6-7,11H,4-5,8-10H2,1H3,(H,17,20). The molecule has 1 N–H and O–H groups in total. The van der Waals surface area contributed by atoms with Gasteiger partial charge in [-0.25, -0.2) is 0 Å². The third-order valence-electron chi connectivity index (χ3n) is 3.98. The van der Waals surface area contributed by atoms with E-state index in [1.807, 2.05) is 12.1 Å². The Morgan fingerprint density at radius 3 is 2.70 bits per heavy atom. The first-order valence-electron chi connectivity index (χ1n) is 6.98.